The topological polar surface area (TPSA) is 103 Å². The molecule has 34 heavy (non-hydrogen) atoms. The van der Waals surface area contributed by atoms with Crippen LogP contribution in [0.5, 0.6) is 0 Å². The average Bonchev–Trinajstić information content (AvgIpc) is 3.57. The van der Waals surface area contributed by atoms with E-state index in [1.165, 1.54) is 16.1 Å². The SMILES string of the molecule is CC(=O)N1c2ccc(S(=O)(=O)N3CCCC3)cc2CC1C(=O)NCCc1c[nH]c2ccccc12. The highest BCUT2D eigenvalue weighted by molar-refractivity contribution is 7.89. The summed E-state index contributed by atoms with van der Waals surface area (Å²) in [6.07, 6.45) is 4.63. The number of benzene rings is 2. The molecule has 1 aromatic heterocycles. The molecule has 0 radical (unpaired) electrons. The van der Waals surface area contributed by atoms with E-state index in [0.29, 0.717) is 37.3 Å². The van der Waals surface area contributed by atoms with Gasteiger partial charge in [-0.3, -0.25) is 14.5 Å². The van der Waals surface area contributed by atoms with E-state index < -0.39 is 16.1 Å². The standard InChI is InChI=1S/C25H28N4O4S/c1-17(30)29-23-9-8-20(34(32,33)28-12-4-5-13-28)14-19(23)15-24(29)25(31)26-11-10-18-16-27-22-7-3-2-6-21(18)22/h2-3,6-9,14,16,24,27H,4-5,10-13,15H2,1H3,(H,26,31). The largest absolute Gasteiger partial charge is 0.361 e. The molecule has 1 unspecified atom stereocenters. The van der Waals surface area contributed by atoms with Crippen LogP contribution in [-0.4, -0.2) is 55.2 Å². The van der Waals surface area contributed by atoms with Crippen molar-refractivity contribution in [2.45, 2.75) is 43.5 Å². The molecule has 2 amide bonds. The second-order valence-corrected chi connectivity index (χ2v) is 10.8. The molecule has 2 aliphatic rings. The van der Waals surface area contributed by atoms with Crippen molar-refractivity contribution in [3.05, 3.63) is 59.8 Å². The number of nitrogens with one attached hydrogen (secondary N) is 2. The molecule has 8 nitrogen and oxygen atoms in total. The first-order valence-electron chi connectivity index (χ1n) is 11.6. The normalized spacial score (nSPS) is 18.4. The van der Waals surface area contributed by atoms with Crippen molar-refractivity contribution in [1.29, 1.82) is 0 Å². The molecule has 0 spiro atoms. The number of aromatic nitrogens is 1. The van der Waals surface area contributed by atoms with Crippen molar-refractivity contribution in [2.24, 2.45) is 0 Å². The van der Waals surface area contributed by atoms with Gasteiger partial charge in [-0.2, -0.15) is 4.31 Å². The van der Waals surface area contributed by atoms with E-state index in [9.17, 15) is 18.0 Å². The summed E-state index contributed by atoms with van der Waals surface area (Å²) in [5.41, 5.74) is 3.47. The number of H-pyrrole nitrogens is 1. The van der Waals surface area contributed by atoms with E-state index in [1.807, 2.05) is 30.5 Å². The number of fused-ring (bicyclic) bond motifs is 2. The van der Waals surface area contributed by atoms with Gasteiger partial charge in [0.15, 0.2) is 0 Å². The first-order valence-corrected chi connectivity index (χ1v) is 13.1. The molecule has 9 heteroatoms. The Morgan fingerprint density at radius 1 is 1.12 bits per heavy atom. The van der Waals surface area contributed by atoms with Crippen LogP contribution in [0.3, 0.4) is 0 Å². The number of para-hydroxylation sites is 1. The summed E-state index contributed by atoms with van der Waals surface area (Å²) in [7, 11) is -3.57. The Hall–Kier alpha value is -3.17. The van der Waals surface area contributed by atoms with Gasteiger partial charge < -0.3 is 10.3 Å². The van der Waals surface area contributed by atoms with Crippen molar-refractivity contribution >= 4 is 38.4 Å². The highest BCUT2D eigenvalue weighted by Gasteiger charge is 2.38. The molecule has 0 bridgehead atoms. The molecular formula is C25H28N4O4S. The van der Waals surface area contributed by atoms with Crippen LogP contribution in [-0.2, 0) is 32.5 Å². The Morgan fingerprint density at radius 2 is 1.88 bits per heavy atom. The number of rotatable bonds is 6. The third kappa shape index (κ3) is 3.99. The van der Waals surface area contributed by atoms with Crippen LogP contribution in [0.2, 0.25) is 0 Å². The first kappa shape index (κ1) is 22.6. The smallest absolute Gasteiger partial charge is 0.243 e. The molecule has 0 aliphatic carbocycles. The molecule has 1 saturated heterocycles. The molecule has 1 fully saturated rings. The highest BCUT2D eigenvalue weighted by atomic mass is 32.2. The van der Waals surface area contributed by atoms with Gasteiger partial charge in [-0.1, -0.05) is 18.2 Å². The van der Waals surface area contributed by atoms with Gasteiger partial charge in [-0.05, 0) is 54.7 Å². The fraction of sp³-hybridized carbons (Fsp3) is 0.360. The maximum absolute atomic E-state index is 13.1. The van der Waals surface area contributed by atoms with Crippen LogP contribution < -0.4 is 10.2 Å². The van der Waals surface area contributed by atoms with Gasteiger partial charge >= 0.3 is 0 Å². The second-order valence-electron chi connectivity index (χ2n) is 8.91. The Bertz CT molecular complexity index is 1360. The van der Waals surface area contributed by atoms with Crippen LogP contribution in [0.25, 0.3) is 10.9 Å². The minimum absolute atomic E-state index is 0.219. The average molecular weight is 481 g/mol. The zero-order valence-corrected chi connectivity index (χ0v) is 19.9. The van der Waals surface area contributed by atoms with E-state index in [4.69, 9.17) is 0 Å². The Kier molecular flexibility index (Phi) is 5.91. The first-order chi connectivity index (χ1) is 16.4. The maximum atomic E-state index is 13.1. The molecule has 5 rings (SSSR count). The van der Waals surface area contributed by atoms with E-state index in [0.717, 1.165) is 29.3 Å². The molecule has 3 heterocycles. The molecule has 1 atom stereocenters. The zero-order valence-electron chi connectivity index (χ0n) is 19.1. The van der Waals surface area contributed by atoms with Crippen molar-refractivity contribution < 1.29 is 18.0 Å². The van der Waals surface area contributed by atoms with Gasteiger partial charge in [-0.15, -0.1) is 0 Å². The fourth-order valence-corrected chi connectivity index (χ4v) is 6.61. The third-order valence-electron chi connectivity index (χ3n) is 6.75. The molecule has 2 aliphatic heterocycles. The number of hydrogen-bond donors (Lipinski definition) is 2. The number of sulfonamides is 1. The second kappa shape index (κ2) is 8.88. The number of carbonyl (C=O) groups is 2. The van der Waals surface area contributed by atoms with Crippen LogP contribution >= 0.6 is 0 Å². The van der Waals surface area contributed by atoms with E-state index in [1.54, 1.807) is 18.2 Å². The molecule has 178 valence electrons. The summed E-state index contributed by atoms with van der Waals surface area (Å²) in [5, 5.41) is 4.09. The molecule has 0 saturated carbocycles. The van der Waals surface area contributed by atoms with Crippen molar-refractivity contribution in [1.82, 2.24) is 14.6 Å². The summed E-state index contributed by atoms with van der Waals surface area (Å²) in [4.78, 5) is 30.4. The number of amides is 2. The number of nitrogens with zero attached hydrogens (tertiary/aromatic N) is 2. The Balaban J connectivity index is 1.31. The number of anilines is 1. The molecule has 2 N–H and O–H groups in total. The van der Waals surface area contributed by atoms with E-state index in [-0.39, 0.29) is 23.1 Å². The van der Waals surface area contributed by atoms with Gasteiger partial charge in [0.1, 0.15) is 6.04 Å². The van der Waals surface area contributed by atoms with Crippen molar-refractivity contribution in [2.75, 3.05) is 24.5 Å². The minimum Gasteiger partial charge on any atom is -0.361 e. The molecule has 2 aromatic carbocycles. The monoisotopic (exact) mass is 480 g/mol. The third-order valence-corrected chi connectivity index (χ3v) is 8.64. The van der Waals surface area contributed by atoms with E-state index in [2.05, 4.69) is 10.3 Å². The Morgan fingerprint density at radius 3 is 2.65 bits per heavy atom. The quantitative estimate of drug-likeness (QED) is 0.566. The maximum Gasteiger partial charge on any atom is 0.243 e. The van der Waals surface area contributed by atoms with Crippen LogP contribution in [0.1, 0.15) is 30.9 Å². The van der Waals surface area contributed by atoms with Gasteiger partial charge in [0.25, 0.3) is 0 Å². The molecule has 3 aromatic rings. The summed E-state index contributed by atoms with van der Waals surface area (Å²) < 4.78 is 27.5. The lowest BCUT2D eigenvalue weighted by atomic mass is 10.1. The van der Waals surface area contributed by atoms with E-state index >= 15 is 0 Å². The summed E-state index contributed by atoms with van der Waals surface area (Å²) in [6, 6.07) is 12.1. The predicted octanol–water partition coefficient (Wildman–Crippen LogP) is 2.59. The van der Waals surface area contributed by atoms with Gasteiger partial charge in [0.2, 0.25) is 21.8 Å². The van der Waals surface area contributed by atoms with Crippen LogP contribution in [0, 0.1) is 0 Å². The lowest BCUT2D eigenvalue weighted by molar-refractivity contribution is -0.125. The van der Waals surface area contributed by atoms with Gasteiger partial charge in [0.05, 0.1) is 4.90 Å². The highest BCUT2D eigenvalue weighted by Crippen LogP contribution is 2.35. The number of hydrogen-bond acceptors (Lipinski definition) is 4. The lowest BCUT2D eigenvalue weighted by Crippen LogP contribution is -2.47. The minimum atomic E-state index is -3.57. The van der Waals surface area contributed by atoms with Crippen LogP contribution in [0.15, 0.2) is 53.6 Å². The molecular weight excluding hydrogens is 452 g/mol. The summed E-state index contributed by atoms with van der Waals surface area (Å²) >= 11 is 0. The zero-order chi connectivity index (χ0) is 23.9. The van der Waals surface area contributed by atoms with Crippen LogP contribution in [0.4, 0.5) is 5.69 Å². The lowest BCUT2D eigenvalue weighted by Gasteiger charge is -2.23. The fourth-order valence-electron chi connectivity index (χ4n) is 5.04. The summed E-state index contributed by atoms with van der Waals surface area (Å²) in [5.74, 6) is -0.485. The number of carbonyl (C=O) groups excluding carboxylic acids is 2. The number of aromatic amines is 1. The van der Waals surface area contributed by atoms with Crippen molar-refractivity contribution in [3.63, 3.8) is 0 Å². The van der Waals surface area contributed by atoms with Gasteiger partial charge in [-0.25, -0.2) is 8.42 Å². The Labute approximate surface area is 199 Å². The predicted molar refractivity (Wildman–Crippen MR) is 130 cm³/mol. The summed E-state index contributed by atoms with van der Waals surface area (Å²) in [6.45, 7) is 2.92. The van der Waals surface area contributed by atoms with Gasteiger partial charge in [0, 0.05) is 55.8 Å². The van der Waals surface area contributed by atoms with Crippen molar-refractivity contribution in [3.8, 4) is 0 Å².